The average Bonchev–Trinajstić information content (AvgIpc) is 1.59. The molecule has 0 atom stereocenters. The van der Waals surface area contributed by atoms with Crippen molar-refractivity contribution < 1.29 is 4.43 Å². The highest BCUT2D eigenvalue weighted by molar-refractivity contribution is 6.31. The van der Waals surface area contributed by atoms with Crippen molar-refractivity contribution in [2.45, 2.75) is 39.7 Å². The van der Waals surface area contributed by atoms with Crippen molar-refractivity contribution in [2.24, 2.45) is 0 Å². The van der Waals surface area contributed by atoms with Gasteiger partial charge in [-0.15, -0.1) is 0 Å². The van der Waals surface area contributed by atoms with Gasteiger partial charge in [-0.05, 0) is 18.9 Å². The SMILES string of the molecule is C[C](C)O[SiH2]C(C)(C)C. The van der Waals surface area contributed by atoms with Crippen molar-refractivity contribution in [3.63, 3.8) is 0 Å². The van der Waals surface area contributed by atoms with Crippen molar-refractivity contribution in [3.8, 4) is 0 Å². The van der Waals surface area contributed by atoms with Crippen LogP contribution in [0.25, 0.3) is 0 Å². The average molecular weight is 145 g/mol. The van der Waals surface area contributed by atoms with Gasteiger partial charge in [-0.25, -0.2) is 0 Å². The summed E-state index contributed by atoms with van der Waals surface area (Å²) in [6, 6.07) is 0. The van der Waals surface area contributed by atoms with Crippen LogP contribution in [0.2, 0.25) is 5.04 Å². The normalized spacial score (nSPS) is 14.0. The van der Waals surface area contributed by atoms with Crippen LogP contribution in [-0.2, 0) is 4.43 Å². The maximum absolute atomic E-state index is 5.46. The molecule has 0 aliphatic carbocycles. The molecule has 0 spiro atoms. The summed E-state index contributed by atoms with van der Waals surface area (Å²) in [5.41, 5.74) is 0. The largest absolute Gasteiger partial charge is 0.416 e. The predicted molar refractivity (Wildman–Crippen MR) is 43.9 cm³/mol. The first-order valence-corrected chi connectivity index (χ1v) is 4.63. The highest BCUT2D eigenvalue weighted by atomic mass is 28.2. The summed E-state index contributed by atoms with van der Waals surface area (Å²) in [5.74, 6) is 0. The fraction of sp³-hybridized carbons (Fsp3) is 0.857. The van der Waals surface area contributed by atoms with Crippen molar-refractivity contribution >= 4 is 9.76 Å². The Morgan fingerprint density at radius 3 is 1.78 bits per heavy atom. The molecule has 0 aliphatic rings. The van der Waals surface area contributed by atoms with Crippen LogP contribution < -0.4 is 0 Å². The smallest absolute Gasteiger partial charge is 0.167 e. The first-order chi connectivity index (χ1) is 3.92. The molecule has 0 aromatic carbocycles. The van der Waals surface area contributed by atoms with E-state index in [0.717, 1.165) is 6.10 Å². The topological polar surface area (TPSA) is 9.23 Å². The van der Waals surface area contributed by atoms with E-state index in [2.05, 4.69) is 20.8 Å². The van der Waals surface area contributed by atoms with Crippen LogP contribution in [0.3, 0.4) is 0 Å². The summed E-state index contributed by atoms with van der Waals surface area (Å²) >= 11 is 0. The first-order valence-electron chi connectivity index (χ1n) is 3.35. The molecule has 0 unspecified atom stereocenters. The fourth-order valence-electron chi connectivity index (χ4n) is 0.361. The van der Waals surface area contributed by atoms with E-state index in [0.29, 0.717) is 5.04 Å². The molecule has 0 saturated heterocycles. The van der Waals surface area contributed by atoms with Crippen LogP contribution in [0.4, 0.5) is 0 Å². The second kappa shape index (κ2) is 3.37. The van der Waals surface area contributed by atoms with Gasteiger partial charge in [0, 0.05) is 0 Å². The van der Waals surface area contributed by atoms with Gasteiger partial charge in [0.15, 0.2) is 9.76 Å². The zero-order valence-electron chi connectivity index (χ0n) is 7.12. The molecule has 0 amide bonds. The second-order valence-electron chi connectivity index (χ2n) is 3.76. The van der Waals surface area contributed by atoms with Gasteiger partial charge in [-0.3, -0.25) is 0 Å². The lowest BCUT2D eigenvalue weighted by molar-refractivity contribution is 0.348. The molecule has 55 valence electrons. The molecular formula is C7H17OSi. The molecule has 0 aromatic heterocycles. The van der Waals surface area contributed by atoms with E-state index < -0.39 is 0 Å². The minimum atomic E-state index is -0.335. The summed E-state index contributed by atoms with van der Waals surface area (Å²) in [6.45, 7) is 10.7. The highest BCUT2D eigenvalue weighted by Crippen LogP contribution is 2.21. The summed E-state index contributed by atoms with van der Waals surface area (Å²) in [6.07, 6.45) is 1.11. The molecule has 0 fully saturated rings. The predicted octanol–water partition coefficient (Wildman–Crippen LogP) is 1.88. The quantitative estimate of drug-likeness (QED) is 0.539. The lowest BCUT2D eigenvalue weighted by Crippen LogP contribution is -2.13. The van der Waals surface area contributed by atoms with Gasteiger partial charge < -0.3 is 4.43 Å². The number of hydrogen-bond acceptors (Lipinski definition) is 1. The lowest BCUT2D eigenvalue weighted by atomic mass is 10.3. The Hall–Kier alpha value is 0.177. The monoisotopic (exact) mass is 145 g/mol. The Morgan fingerprint density at radius 2 is 1.67 bits per heavy atom. The Morgan fingerprint density at radius 1 is 1.22 bits per heavy atom. The zero-order valence-corrected chi connectivity index (χ0v) is 8.53. The van der Waals surface area contributed by atoms with E-state index in [1.54, 1.807) is 0 Å². The van der Waals surface area contributed by atoms with E-state index in [1.807, 2.05) is 13.8 Å². The minimum absolute atomic E-state index is 0.335. The Balaban J connectivity index is 3.28. The summed E-state index contributed by atoms with van der Waals surface area (Å²) in [4.78, 5) is 0. The summed E-state index contributed by atoms with van der Waals surface area (Å²) in [7, 11) is -0.335. The molecule has 0 aromatic rings. The van der Waals surface area contributed by atoms with Gasteiger partial charge in [0.1, 0.15) is 0 Å². The van der Waals surface area contributed by atoms with Gasteiger partial charge in [-0.2, -0.15) is 0 Å². The molecule has 2 heteroatoms. The van der Waals surface area contributed by atoms with Crippen LogP contribution in [0.15, 0.2) is 0 Å². The lowest BCUT2D eigenvalue weighted by Gasteiger charge is -2.18. The molecule has 0 rings (SSSR count). The minimum Gasteiger partial charge on any atom is -0.416 e. The van der Waals surface area contributed by atoms with Crippen molar-refractivity contribution in [1.82, 2.24) is 0 Å². The molecule has 1 radical (unpaired) electrons. The Bertz CT molecular complexity index is 73.5. The second-order valence-corrected chi connectivity index (χ2v) is 6.46. The van der Waals surface area contributed by atoms with E-state index in [1.165, 1.54) is 0 Å². The van der Waals surface area contributed by atoms with Gasteiger partial charge >= 0.3 is 0 Å². The first kappa shape index (κ1) is 9.18. The molecule has 0 saturated carbocycles. The third-order valence-corrected chi connectivity index (χ3v) is 2.38. The maximum atomic E-state index is 5.46. The Labute approximate surface area is 60.7 Å². The number of rotatable bonds is 2. The zero-order chi connectivity index (χ0) is 7.49. The van der Waals surface area contributed by atoms with Crippen LogP contribution in [0, 0.1) is 6.10 Å². The molecular weight excluding hydrogens is 128 g/mol. The Kier molecular flexibility index (Phi) is 3.44. The van der Waals surface area contributed by atoms with Crippen LogP contribution in [0.5, 0.6) is 0 Å². The summed E-state index contributed by atoms with van der Waals surface area (Å²) < 4.78 is 5.46. The molecule has 1 nitrogen and oxygen atoms in total. The van der Waals surface area contributed by atoms with Gasteiger partial charge in [0.2, 0.25) is 0 Å². The van der Waals surface area contributed by atoms with E-state index in [9.17, 15) is 0 Å². The van der Waals surface area contributed by atoms with E-state index in [-0.39, 0.29) is 9.76 Å². The van der Waals surface area contributed by atoms with E-state index in [4.69, 9.17) is 4.43 Å². The van der Waals surface area contributed by atoms with Crippen LogP contribution >= 0.6 is 0 Å². The summed E-state index contributed by atoms with van der Waals surface area (Å²) in [5, 5.41) is 0.428. The standard InChI is InChI=1S/C7H17OSi/c1-6(2)8-9-7(3,4)5/h9H2,1-5H3. The molecule has 0 bridgehead atoms. The maximum Gasteiger partial charge on any atom is 0.167 e. The highest BCUT2D eigenvalue weighted by Gasteiger charge is 2.12. The number of hydrogen-bond donors (Lipinski definition) is 0. The fourth-order valence-corrected chi connectivity index (χ4v) is 1.08. The van der Waals surface area contributed by atoms with Crippen molar-refractivity contribution in [3.05, 3.63) is 6.10 Å². The third kappa shape index (κ3) is 8.18. The van der Waals surface area contributed by atoms with Crippen molar-refractivity contribution in [2.75, 3.05) is 0 Å². The van der Waals surface area contributed by atoms with Crippen molar-refractivity contribution in [1.29, 1.82) is 0 Å². The van der Waals surface area contributed by atoms with Gasteiger partial charge in [0.05, 0.1) is 6.10 Å². The molecule has 0 aliphatic heterocycles. The van der Waals surface area contributed by atoms with Crippen LogP contribution in [-0.4, -0.2) is 9.76 Å². The van der Waals surface area contributed by atoms with Gasteiger partial charge in [-0.1, -0.05) is 20.8 Å². The molecule has 0 N–H and O–H groups in total. The molecule has 0 heterocycles. The molecule has 9 heavy (non-hydrogen) atoms. The third-order valence-electron chi connectivity index (χ3n) is 0.794. The van der Waals surface area contributed by atoms with E-state index >= 15 is 0 Å². The van der Waals surface area contributed by atoms with Crippen LogP contribution in [0.1, 0.15) is 34.6 Å². The van der Waals surface area contributed by atoms with Gasteiger partial charge in [0.25, 0.3) is 0 Å².